The van der Waals surface area contributed by atoms with Crippen LogP contribution in [0.2, 0.25) is 0 Å². The van der Waals surface area contributed by atoms with Gasteiger partial charge in [-0.2, -0.15) is 0 Å². The first-order chi connectivity index (χ1) is 7.26. The quantitative estimate of drug-likeness (QED) is 0.502. The minimum absolute atomic E-state index is 0.0337. The largest absolute Gasteiger partial charge is 0.459 e. The number of hydrogen-bond acceptors (Lipinski definition) is 2. The smallest absolute Gasteiger partial charge is 0.312 e. The van der Waals surface area contributed by atoms with Crippen molar-refractivity contribution in [2.75, 3.05) is 0 Å². The molecule has 1 saturated heterocycles. The summed E-state index contributed by atoms with van der Waals surface area (Å²) in [6.07, 6.45) is 3.02. The predicted octanol–water partition coefficient (Wildman–Crippen LogP) is 3.32. The van der Waals surface area contributed by atoms with E-state index < -0.39 is 0 Å². The van der Waals surface area contributed by atoms with Gasteiger partial charge in [-0.15, -0.1) is 0 Å². The second kappa shape index (κ2) is 3.35. The van der Waals surface area contributed by atoms with Gasteiger partial charge < -0.3 is 4.74 Å². The molecular formula is C14H22O2. The maximum Gasteiger partial charge on any atom is 0.312 e. The Labute approximate surface area is 98.1 Å². The Morgan fingerprint density at radius 2 is 2.06 bits per heavy atom. The lowest BCUT2D eigenvalue weighted by atomic mass is 9.70. The summed E-state index contributed by atoms with van der Waals surface area (Å²) in [7, 11) is 0. The topological polar surface area (TPSA) is 26.3 Å². The van der Waals surface area contributed by atoms with Gasteiger partial charge in [-0.25, -0.2) is 0 Å². The fourth-order valence-corrected chi connectivity index (χ4v) is 3.31. The molecule has 3 atom stereocenters. The molecule has 1 aliphatic carbocycles. The summed E-state index contributed by atoms with van der Waals surface area (Å²) >= 11 is 0. The molecule has 2 aliphatic rings. The molecule has 0 amide bonds. The highest BCUT2D eigenvalue weighted by Gasteiger charge is 2.55. The Morgan fingerprint density at radius 3 is 2.62 bits per heavy atom. The van der Waals surface area contributed by atoms with E-state index in [-0.39, 0.29) is 17.0 Å². The lowest BCUT2D eigenvalue weighted by Gasteiger charge is -2.44. The van der Waals surface area contributed by atoms with Gasteiger partial charge in [0.2, 0.25) is 0 Å². The fraction of sp³-hybridized carbons (Fsp3) is 0.786. The van der Waals surface area contributed by atoms with Crippen LogP contribution in [-0.4, -0.2) is 11.6 Å². The normalized spacial score (nSPS) is 41.4. The van der Waals surface area contributed by atoms with Crippen LogP contribution in [0, 0.1) is 17.3 Å². The first-order valence-corrected chi connectivity index (χ1v) is 6.15. The highest BCUT2D eigenvalue weighted by molar-refractivity contribution is 5.77. The van der Waals surface area contributed by atoms with Crippen molar-refractivity contribution in [1.82, 2.24) is 0 Å². The van der Waals surface area contributed by atoms with Crippen LogP contribution in [0.3, 0.4) is 0 Å². The second-order valence-electron chi connectivity index (χ2n) is 6.39. The molecule has 1 aliphatic heterocycles. The Kier molecular flexibility index (Phi) is 2.45. The van der Waals surface area contributed by atoms with Crippen molar-refractivity contribution in [3.8, 4) is 0 Å². The van der Waals surface area contributed by atoms with E-state index in [0.29, 0.717) is 11.8 Å². The molecule has 0 bridgehead atoms. The van der Waals surface area contributed by atoms with Gasteiger partial charge in [0.25, 0.3) is 0 Å². The van der Waals surface area contributed by atoms with Crippen LogP contribution in [0.25, 0.3) is 0 Å². The maximum absolute atomic E-state index is 11.9. The molecule has 16 heavy (non-hydrogen) atoms. The lowest BCUT2D eigenvalue weighted by molar-refractivity contribution is -0.188. The zero-order valence-corrected chi connectivity index (χ0v) is 10.8. The molecule has 0 aromatic carbocycles. The van der Waals surface area contributed by atoms with Crippen LogP contribution in [0.1, 0.15) is 47.0 Å². The van der Waals surface area contributed by atoms with Crippen molar-refractivity contribution < 1.29 is 9.53 Å². The Balaban J connectivity index is 2.30. The summed E-state index contributed by atoms with van der Waals surface area (Å²) in [5.74, 6) is 0.948. The molecule has 0 aromatic heterocycles. The summed E-state index contributed by atoms with van der Waals surface area (Å²) < 4.78 is 5.71. The van der Waals surface area contributed by atoms with E-state index in [9.17, 15) is 4.79 Å². The maximum atomic E-state index is 11.9. The number of carbonyl (C=O) groups is 1. The molecule has 0 spiro atoms. The highest BCUT2D eigenvalue weighted by atomic mass is 16.6. The Morgan fingerprint density at radius 1 is 1.44 bits per heavy atom. The number of esters is 1. The van der Waals surface area contributed by atoms with Crippen LogP contribution < -0.4 is 0 Å². The van der Waals surface area contributed by atoms with Crippen molar-refractivity contribution >= 4 is 5.97 Å². The van der Waals surface area contributed by atoms with Gasteiger partial charge in [-0.3, -0.25) is 4.79 Å². The number of ether oxygens (including phenoxy) is 1. The van der Waals surface area contributed by atoms with Crippen LogP contribution >= 0.6 is 0 Å². The van der Waals surface area contributed by atoms with Gasteiger partial charge in [0.1, 0.15) is 5.60 Å². The van der Waals surface area contributed by atoms with Crippen molar-refractivity contribution in [1.29, 1.82) is 0 Å². The molecular weight excluding hydrogens is 200 g/mol. The zero-order chi connectivity index (χ0) is 12.1. The molecule has 2 nitrogen and oxygen atoms in total. The minimum Gasteiger partial charge on any atom is -0.459 e. The summed E-state index contributed by atoms with van der Waals surface area (Å²) in [5, 5.41) is 0. The third kappa shape index (κ3) is 1.59. The van der Waals surface area contributed by atoms with E-state index in [2.05, 4.69) is 20.4 Å². The van der Waals surface area contributed by atoms with E-state index in [0.717, 1.165) is 19.3 Å². The Hall–Kier alpha value is -0.790. The predicted molar refractivity (Wildman–Crippen MR) is 63.9 cm³/mol. The standard InChI is InChI=1S/C14H22O2/c1-9(2)10-6-7-14(5)11(10)8-13(3,4)12(15)16-14/h10-11H,1,6-8H2,2-5H3/t10-,11-,14+/m0/s1. The van der Waals surface area contributed by atoms with Crippen molar-refractivity contribution in [2.24, 2.45) is 17.3 Å². The van der Waals surface area contributed by atoms with E-state index in [1.54, 1.807) is 0 Å². The summed E-state index contributed by atoms with van der Waals surface area (Å²) in [5.41, 5.74) is 0.667. The first kappa shape index (κ1) is 11.7. The van der Waals surface area contributed by atoms with Gasteiger partial charge in [-0.05, 0) is 52.9 Å². The summed E-state index contributed by atoms with van der Waals surface area (Å²) in [6, 6.07) is 0. The monoisotopic (exact) mass is 222 g/mol. The van der Waals surface area contributed by atoms with Gasteiger partial charge in [-0.1, -0.05) is 12.2 Å². The van der Waals surface area contributed by atoms with Crippen molar-refractivity contribution in [2.45, 2.75) is 52.6 Å². The molecule has 0 radical (unpaired) electrons. The molecule has 1 heterocycles. The third-order valence-electron chi connectivity index (χ3n) is 4.46. The van der Waals surface area contributed by atoms with Gasteiger partial charge >= 0.3 is 5.97 Å². The molecule has 0 aromatic rings. The number of fused-ring (bicyclic) bond motifs is 1. The SMILES string of the molecule is C=C(C)[C@@H]1CC[C@@]2(C)OC(=O)C(C)(C)C[C@@H]12. The van der Waals surface area contributed by atoms with Crippen LogP contribution in [0.15, 0.2) is 12.2 Å². The third-order valence-corrected chi connectivity index (χ3v) is 4.46. The van der Waals surface area contributed by atoms with E-state index in [4.69, 9.17) is 4.74 Å². The first-order valence-electron chi connectivity index (χ1n) is 6.15. The second-order valence-corrected chi connectivity index (χ2v) is 6.39. The van der Waals surface area contributed by atoms with Crippen LogP contribution in [0.5, 0.6) is 0 Å². The highest BCUT2D eigenvalue weighted by Crippen LogP contribution is 2.53. The van der Waals surface area contributed by atoms with Gasteiger partial charge in [0.15, 0.2) is 0 Å². The van der Waals surface area contributed by atoms with Gasteiger partial charge in [0.05, 0.1) is 5.41 Å². The lowest BCUT2D eigenvalue weighted by Crippen LogP contribution is -2.49. The Bertz CT molecular complexity index is 343. The number of carbonyl (C=O) groups excluding carboxylic acids is 1. The number of allylic oxidation sites excluding steroid dienone is 1. The average Bonchev–Trinajstić information content (AvgIpc) is 2.43. The van der Waals surface area contributed by atoms with E-state index in [1.165, 1.54) is 5.57 Å². The average molecular weight is 222 g/mol. The molecule has 1 saturated carbocycles. The summed E-state index contributed by atoms with van der Waals surface area (Å²) in [4.78, 5) is 11.9. The molecule has 0 N–H and O–H groups in total. The fourth-order valence-electron chi connectivity index (χ4n) is 3.31. The molecule has 2 rings (SSSR count). The van der Waals surface area contributed by atoms with Crippen molar-refractivity contribution in [3.63, 3.8) is 0 Å². The molecule has 90 valence electrons. The van der Waals surface area contributed by atoms with Crippen molar-refractivity contribution in [3.05, 3.63) is 12.2 Å². The summed E-state index contributed by atoms with van der Waals surface area (Å²) in [6.45, 7) is 12.3. The van der Waals surface area contributed by atoms with Gasteiger partial charge in [0, 0.05) is 5.92 Å². The zero-order valence-electron chi connectivity index (χ0n) is 10.8. The van der Waals surface area contributed by atoms with Crippen LogP contribution in [-0.2, 0) is 9.53 Å². The van der Waals surface area contributed by atoms with Crippen LogP contribution in [0.4, 0.5) is 0 Å². The molecule has 2 fully saturated rings. The minimum atomic E-state index is -0.331. The number of hydrogen-bond donors (Lipinski definition) is 0. The van der Waals surface area contributed by atoms with E-state index in [1.807, 2.05) is 13.8 Å². The number of rotatable bonds is 1. The van der Waals surface area contributed by atoms with E-state index >= 15 is 0 Å². The molecule has 0 unspecified atom stereocenters. The molecule has 2 heteroatoms.